The fraction of sp³-hybridized carbons (Fsp3) is 0.375. The number of aromatic hydroxyl groups is 1. The van der Waals surface area contributed by atoms with E-state index in [2.05, 4.69) is 5.32 Å². The van der Waals surface area contributed by atoms with Crippen LogP contribution in [0, 0.1) is 5.92 Å². The van der Waals surface area contributed by atoms with Gasteiger partial charge in [-0.15, -0.1) is 0 Å². The van der Waals surface area contributed by atoms with Crippen molar-refractivity contribution in [2.24, 2.45) is 5.92 Å². The smallest absolute Gasteiger partial charge is 0.227 e. The van der Waals surface area contributed by atoms with Gasteiger partial charge in [0.25, 0.3) is 0 Å². The highest BCUT2D eigenvalue weighted by Crippen LogP contribution is 2.42. The van der Waals surface area contributed by atoms with Crippen LogP contribution in [-0.2, 0) is 14.6 Å². The molecular formula is C24H27ClN2O6S. The third kappa shape index (κ3) is 4.95. The Hall–Kier alpha value is -2.91. The number of fused-ring (bicyclic) bond motifs is 1. The van der Waals surface area contributed by atoms with Gasteiger partial charge < -0.3 is 24.5 Å². The van der Waals surface area contributed by atoms with Crippen molar-refractivity contribution in [1.82, 2.24) is 4.57 Å². The Morgan fingerprint density at radius 2 is 2.00 bits per heavy atom. The van der Waals surface area contributed by atoms with Gasteiger partial charge >= 0.3 is 0 Å². The zero-order valence-corrected chi connectivity index (χ0v) is 20.7. The van der Waals surface area contributed by atoms with Gasteiger partial charge in [0.05, 0.1) is 41.6 Å². The number of sulfone groups is 1. The van der Waals surface area contributed by atoms with Gasteiger partial charge in [-0.3, -0.25) is 4.79 Å². The van der Waals surface area contributed by atoms with Gasteiger partial charge in [0.1, 0.15) is 9.84 Å². The Balaban J connectivity index is 1.87. The predicted molar refractivity (Wildman–Crippen MR) is 132 cm³/mol. The fourth-order valence-corrected chi connectivity index (χ4v) is 5.14. The molecule has 0 spiro atoms. The Morgan fingerprint density at radius 3 is 2.62 bits per heavy atom. The number of methoxy groups -OCH3 is 1. The molecule has 1 heterocycles. The minimum absolute atomic E-state index is 0.0239. The molecule has 2 aromatic carbocycles. The molecule has 3 aromatic rings. The number of aromatic nitrogens is 1. The van der Waals surface area contributed by atoms with E-state index in [1.807, 2.05) is 6.92 Å². The van der Waals surface area contributed by atoms with Crippen LogP contribution in [0.4, 0.5) is 5.69 Å². The average molecular weight is 507 g/mol. The van der Waals surface area contributed by atoms with E-state index >= 15 is 0 Å². The first-order chi connectivity index (χ1) is 16.1. The second-order valence-electron chi connectivity index (χ2n) is 8.46. The van der Waals surface area contributed by atoms with Crippen LogP contribution >= 0.6 is 11.6 Å². The number of benzene rings is 2. The average Bonchev–Trinajstić information content (AvgIpc) is 3.57. The number of rotatable bonds is 9. The highest BCUT2D eigenvalue weighted by atomic mass is 35.5. The summed E-state index contributed by atoms with van der Waals surface area (Å²) >= 11 is 6.42. The van der Waals surface area contributed by atoms with Gasteiger partial charge in [-0.1, -0.05) is 17.7 Å². The lowest BCUT2D eigenvalue weighted by Crippen LogP contribution is -2.20. The summed E-state index contributed by atoms with van der Waals surface area (Å²) in [5.41, 5.74) is 1.03. The number of anilines is 1. The highest BCUT2D eigenvalue weighted by Gasteiger charge is 2.31. The highest BCUT2D eigenvalue weighted by molar-refractivity contribution is 7.90. The lowest BCUT2D eigenvalue weighted by molar-refractivity contribution is -0.117. The molecule has 1 saturated carbocycles. The SMILES string of the molecule is CCOc1cc([C@@H](CS(C)(=O)=O)n2cc3c(Cl)ccc(NC(=O)C4CC4)c3c2O)ccc1OC. The molecule has 8 nitrogen and oxygen atoms in total. The molecule has 1 aliphatic rings. The van der Waals surface area contributed by atoms with Gasteiger partial charge in [-0.05, 0) is 49.6 Å². The van der Waals surface area contributed by atoms with Gasteiger partial charge in [0, 0.05) is 23.8 Å². The molecule has 0 bridgehead atoms. The first-order valence-electron chi connectivity index (χ1n) is 10.9. The van der Waals surface area contributed by atoms with Crippen molar-refractivity contribution in [3.63, 3.8) is 0 Å². The number of hydrogen-bond donors (Lipinski definition) is 2. The normalized spacial score (nSPS) is 14.7. The minimum Gasteiger partial charge on any atom is -0.494 e. The van der Waals surface area contributed by atoms with Crippen LogP contribution in [0.5, 0.6) is 17.4 Å². The number of nitrogens with zero attached hydrogens (tertiary/aromatic N) is 1. The summed E-state index contributed by atoms with van der Waals surface area (Å²) in [6, 6.07) is 7.64. The van der Waals surface area contributed by atoms with Crippen LogP contribution in [-0.4, -0.2) is 49.7 Å². The van der Waals surface area contributed by atoms with Crippen molar-refractivity contribution >= 4 is 43.8 Å². The summed E-state index contributed by atoms with van der Waals surface area (Å²) in [7, 11) is -1.94. The summed E-state index contributed by atoms with van der Waals surface area (Å²) in [5, 5.41) is 15.4. The fourth-order valence-electron chi connectivity index (χ4n) is 4.01. The second-order valence-corrected chi connectivity index (χ2v) is 11.1. The molecule has 1 atom stereocenters. The maximum atomic E-state index is 12.4. The lowest BCUT2D eigenvalue weighted by Gasteiger charge is -2.21. The van der Waals surface area contributed by atoms with E-state index in [9.17, 15) is 18.3 Å². The number of amides is 1. The third-order valence-corrected chi connectivity index (χ3v) is 7.05. The van der Waals surface area contributed by atoms with Crippen LogP contribution in [0.15, 0.2) is 36.5 Å². The summed E-state index contributed by atoms with van der Waals surface area (Å²) in [4.78, 5) is 12.4. The molecular weight excluding hydrogens is 480 g/mol. The van der Waals surface area contributed by atoms with Gasteiger partial charge in [0.2, 0.25) is 11.8 Å². The second kappa shape index (κ2) is 9.38. The van der Waals surface area contributed by atoms with Crippen LogP contribution in [0.1, 0.15) is 31.4 Å². The molecule has 1 aliphatic carbocycles. The first-order valence-corrected chi connectivity index (χ1v) is 13.4. The van der Waals surface area contributed by atoms with Crippen molar-refractivity contribution in [3.8, 4) is 17.4 Å². The molecule has 0 aliphatic heterocycles. The number of ether oxygens (including phenoxy) is 2. The number of halogens is 1. The standard InChI is InChI=1S/C24H27ClN2O6S/c1-4-33-21-11-15(7-10-20(21)32-2)19(13-34(3,30)31)27-12-16-17(25)8-9-18(22(16)24(27)29)26-23(28)14-5-6-14/h7-12,14,19,29H,4-6,13H2,1-3H3,(H,26,28)/t19-/m1/s1. The summed E-state index contributed by atoms with van der Waals surface area (Å²) in [6.45, 7) is 2.24. The summed E-state index contributed by atoms with van der Waals surface area (Å²) in [5.74, 6) is 0.377. The van der Waals surface area contributed by atoms with E-state index in [1.54, 1.807) is 36.5 Å². The molecule has 1 amide bonds. The van der Waals surface area contributed by atoms with E-state index in [0.717, 1.165) is 19.1 Å². The van der Waals surface area contributed by atoms with Gasteiger partial charge in [0.15, 0.2) is 11.5 Å². The number of hydrogen-bond acceptors (Lipinski definition) is 6. The van der Waals surface area contributed by atoms with Crippen LogP contribution in [0.2, 0.25) is 5.02 Å². The predicted octanol–water partition coefficient (Wildman–Crippen LogP) is 4.39. The number of carbonyl (C=O) groups excluding carboxylic acids is 1. The van der Waals surface area contributed by atoms with Crippen LogP contribution < -0.4 is 14.8 Å². The molecule has 34 heavy (non-hydrogen) atoms. The summed E-state index contributed by atoms with van der Waals surface area (Å²) in [6.07, 6.45) is 4.43. The van der Waals surface area contributed by atoms with E-state index in [0.29, 0.717) is 45.2 Å². The number of nitrogens with one attached hydrogen (secondary N) is 1. The van der Waals surface area contributed by atoms with E-state index < -0.39 is 15.9 Å². The molecule has 1 fully saturated rings. The van der Waals surface area contributed by atoms with E-state index in [-0.39, 0.29) is 23.5 Å². The maximum absolute atomic E-state index is 12.4. The topological polar surface area (TPSA) is 107 Å². The molecule has 0 saturated heterocycles. The Bertz CT molecular complexity index is 1350. The van der Waals surface area contributed by atoms with Crippen molar-refractivity contribution in [1.29, 1.82) is 0 Å². The number of carbonyl (C=O) groups is 1. The molecule has 4 rings (SSSR count). The van der Waals surface area contributed by atoms with Crippen molar-refractivity contribution in [2.75, 3.05) is 31.0 Å². The Labute approximate surface area is 203 Å². The molecule has 0 unspecified atom stereocenters. The molecule has 10 heteroatoms. The Kier molecular flexibility index (Phi) is 6.69. The van der Waals surface area contributed by atoms with Gasteiger partial charge in [-0.25, -0.2) is 8.42 Å². The summed E-state index contributed by atoms with van der Waals surface area (Å²) < 4.78 is 37.2. The van der Waals surface area contributed by atoms with Crippen molar-refractivity contribution in [2.45, 2.75) is 25.8 Å². The molecule has 1 aromatic heterocycles. The lowest BCUT2D eigenvalue weighted by atomic mass is 10.1. The van der Waals surface area contributed by atoms with Crippen molar-refractivity contribution < 1.29 is 27.8 Å². The van der Waals surface area contributed by atoms with E-state index in [4.69, 9.17) is 21.1 Å². The zero-order chi connectivity index (χ0) is 24.6. The largest absolute Gasteiger partial charge is 0.494 e. The maximum Gasteiger partial charge on any atom is 0.227 e. The van der Waals surface area contributed by atoms with Crippen molar-refractivity contribution in [3.05, 3.63) is 47.1 Å². The third-order valence-electron chi connectivity index (χ3n) is 5.80. The monoisotopic (exact) mass is 506 g/mol. The Morgan fingerprint density at radius 1 is 1.26 bits per heavy atom. The molecule has 0 radical (unpaired) electrons. The first kappa shape index (κ1) is 24.2. The van der Waals surface area contributed by atoms with E-state index in [1.165, 1.54) is 11.7 Å². The van der Waals surface area contributed by atoms with Crippen LogP contribution in [0.3, 0.4) is 0 Å². The molecule has 2 N–H and O–H groups in total. The quantitative estimate of drug-likeness (QED) is 0.445. The zero-order valence-electron chi connectivity index (χ0n) is 19.2. The molecule has 182 valence electrons. The minimum atomic E-state index is -3.46. The van der Waals surface area contributed by atoms with Gasteiger partial charge in [-0.2, -0.15) is 0 Å². The van der Waals surface area contributed by atoms with Crippen LogP contribution in [0.25, 0.3) is 10.8 Å².